The molecule has 0 spiro atoms. The van der Waals surface area contributed by atoms with E-state index < -0.39 is 0 Å². The molecule has 0 bridgehead atoms. The van der Waals surface area contributed by atoms with Gasteiger partial charge in [-0.2, -0.15) is 0 Å². The largest absolute Gasteiger partial charge is 1.00 e. The number of thioether (sulfide) groups is 1. The van der Waals surface area contributed by atoms with Gasteiger partial charge in [0.05, 0.1) is 17.3 Å². The normalized spacial score (nSPS) is 19.5. The lowest BCUT2D eigenvalue weighted by atomic mass is 10.1. The molecule has 3 rings (SSSR count). The maximum atomic E-state index is 11.9. The third-order valence-corrected chi connectivity index (χ3v) is 4.56. The van der Waals surface area contributed by atoms with Gasteiger partial charge in [0.1, 0.15) is 0 Å². The van der Waals surface area contributed by atoms with Crippen molar-refractivity contribution in [3.05, 3.63) is 35.5 Å². The Labute approximate surface area is 135 Å². The molecular formula is C15H19ClN3OS-. The number of hydrogen-bond acceptors (Lipinski definition) is 4. The predicted octanol–water partition coefficient (Wildman–Crippen LogP) is -0.391. The Kier molecular flexibility index (Phi) is 5.96. The minimum absolute atomic E-state index is 0. The first-order chi connectivity index (χ1) is 9.81. The van der Waals surface area contributed by atoms with E-state index in [4.69, 9.17) is 0 Å². The summed E-state index contributed by atoms with van der Waals surface area (Å²) in [6, 6.07) is 8.14. The Bertz CT molecular complexity index is 502. The van der Waals surface area contributed by atoms with Gasteiger partial charge < -0.3 is 23.0 Å². The molecule has 114 valence electrons. The summed E-state index contributed by atoms with van der Waals surface area (Å²) < 4.78 is 0. The molecule has 0 radical (unpaired) electrons. The van der Waals surface area contributed by atoms with Gasteiger partial charge in [-0.3, -0.25) is 9.69 Å². The highest BCUT2D eigenvalue weighted by Gasteiger charge is 2.16. The SMILES string of the molecule is O=C(CN1CCCCC1)NC=C1Nc2ccccc2S1.[Cl-]. The summed E-state index contributed by atoms with van der Waals surface area (Å²) >= 11 is 1.65. The van der Waals surface area contributed by atoms with Crippen LogP contribution in [0.3, 0.4) is 0 Å². The predicted molar refractivity (Wildman–Crippen MR) is 82.4 cm³/mol. The molecule has 0 aromatic heterocycles. The maximum Gasteiger partial charge on any atom is 0.238 e. The van der Waals surface area contributed by atoms with E-state index in [0.717, 1.165) is 23.8 Å². The van der Waals surface area contributed by atoms with Gasteiger partial charge in [0, 0.05) is 11.1 Å². The number of amides is 1. The van der Waals surface area contributed by atoms with Crippen LogP contribution in [0.25, 0.3) is 0 Å². The zero-order chi connectivity index (χ0) is 13.8. The van der Waals surface area contributed by atoms with Gasteiger partial charge in [0.25, 0.3) is 0 Å². The van der Waals surface area contributed by atoms with Crippen molar-refractivity contribution in [2.24, 2.45) is 0 Å². The molecule has 1 saturated heterocycles. The fourth-order valence-electron chi connectivity index (χ4n) is 2.51. The van der Waals surface area contributed by atoms with Gasteiger partial charge in [0.2, 0.25) is 5.91 Å². The number of anilines is 1. The number of hydrogen-bond donors (Lipinski definition) is 2. The zero-order valence-corrected chi connectivity index (χ0v) is 13.3. The quantitative estimate of drug-likeness (QED) is 0.795. The monoisotopic (exact) mass is 324 g/mol. The molecule has 0 saturated carbocycles. The molecule has 0 unspecified atom stereocenters. The summed E-state index contributed by atoms with van der Waals surface area (Å²) in [6.45, 7) is 2.59. The Balaban J connectivity index is 0.00000161. The lowest BCUT2D eigenvalue weighted by molar-refractivity contribution is -0.121. The van der Waals surface area contributed by atoms with Gasteiger partial charge >= 0.3 is 0 Å². The number of halogens is 1. The van der Waals surface area contributed by atoms with Crippen molar-refractivity contribution >= 4 is 23.4 Å². The second-order valence-electron chi connectivity index (χ2n) is 5.14. The molecule has 6 heteroatoms. The number of nitrogens with one attached hydrogen (secondary N) is 2. The summed E-state index contributed by atoms with van der Waals surface area (Å²) in [6.07, 6.45) is 5.49. The number of likely N-dealkylation sites (tertiary alicyclic amines) is 1. The molecule has 2 N–H and O–H groups in total. The van der Waals surface area contributed by atoms with Gasteiger partial charge in [-0.25, -0.2) is 0 Å². The van der Waals surface area contributed by atoms with Crippen molar-refractivity contribution in [3.63, 3.8) is 0 Å². The lowest BCUT2D eigenvalue weighted by Gasteiger charge is -2.25. The molecule has 0 aliphatic carbocycles. The van der Waals surface area contributed by atoms with Crippen molar-refractivity contribution in [1.82, 2.24) is 10.2 Å². The van der Waals surface area contributed by atoms with Crippen LogP contribution in [-0.4, -0.2) is 30.4 Å². The van der Waals surface area contributed by atoms with Gasteiger partial charge in [0.15, 0.2) is 0 Å². The molecule has 21 heavy (non-hydrogen) atoms. The van der Waals surface area contributed by atoms with E-state index in [1.54, 1.807) is 18.0 Å². The van der Waals surface area contributed by atoms with Crippen LogP contribution in [0.1, 0.15) is 19.3 Å². The minimum atomic E-state index is 0. The van der Waals surface area contributed by atoms with Crippen molar-refractivity contribution in [3.8, 4) is 0 Å². The molecular weight excluding hydrogens is 306 g/mol. The second kappa shape index (κ2) is 7.73. The number of piperidine rings is 1. The van der Waals surface area contributed by atoms with E-state index in [9.17, 15) is 4.79 Å². The van der Waals surface area contributed by atoms with E-state index in [0.29, 0.717) is 6.54 Å². The molecule has 2 aliphatic rings. The molecule has 1 aromatic carbocycles. The number of benzene rings is 1. The third-order valence-electron chi connectivity index (χ3n) is 3.54. The van der Waals surface area contributed by atoms with E-state index >= 15 is 0 Å². The Hall–Kier alpha value is -1.17. The van der Waals surface area contributed by atoms with Crippen molar-refractivity contribution in [2.75, 3.05) is 25.0 Å². The van der Waals surface area contributed by atoms with Crippen molar-refractivity contribution in [1.29, 1.82) is 0 Å². The van der Waals surface area contributed by atoms with Crippen molar-refractivity contribution in [2.45, 2.75) is 24.2 Å². The number of nitrogens with zero attached hydrogens (tertiary/aromatic N) is 1. The molecule has 1 aromatic rings. The first-order valence-electron chi connectivity index (χ1n) is 7.07. The van der Waals surface area contributed by atoms with Gasteiger partial charge in [-0.1, -0.05) is 30.3 Å². The number of carbonyl (C=O) groups excluding carboxylic acids is 1. The van der Waals surface area contributed by atoms with E-state index in [-0.39, 0.29) is 18.3 Å². The van der Waals surface area contributed by atoms with Crippen LogP contribution < -0.4 is 23.0 Å². The molecule has 2 heterocycles. The topological polar surface area (TPSA) is 44.4 Å². The maximum absolute atomic E-state index is 11.9. The highest BCUT2D eigenvalue weighted by molar-refractivity contribution is 8.03. The first-order valence-corrected chi connectivity index (χ1v) is 7.89. The Morgan fingerprint density at radius 3 is 2.81 bits per heavy atom. The van der Waals surface area contributed by atoms with Gasteiger partial charge in [-0.15, -0.1) is 0 Å². The van der Waals surface area contributed by atoms with Crippen LogP contribution >= 0.6 is 11.8 Å². The van der Waals surface area contributed by atoms with Crippen LogP contribution in [0.15, 0.2) is 40.4 Å². The van der Waals surface area contributed by atoms with Crippen LogP contribution in [0.4, 0.5) is 5.69 Å². The standard InChI is InChI=1S/C15H19N3OS.ClH/c19-14(11-18-8-4-1-5-9-18)16-10-15-17-12-6-2-3-7-13(12)20-15;/h2-3,6-7,10,17H,1,4-5,8-9,11H2,(H,16,19);1H/p-1. The van der Waals surface area contributed by atoms with Crippen molar-refractivity contribution < 1.29 is 17.2 Å². The number of rotatable bonds is 3. The number of para-hydroxylation sites is 1. The summed E-state index contributed by atoms with van der Waals surface area (Å²) in [7, 11) is 0. The average molecular weight is 325 g/mol. The second-order valence-corrected chi connectivity index (χ2v) is 6.22. The average Bonchev–Trinajstić information content (AvgIpc) is 2.89. The fraction of sp³-hybridized carbons (Fsp3) is 0.400. The Morgan fingerprint density at radius 1 is 1.29 bits per heavy atom. The van der Waals surface area contributed by atoms with Crippen LogP contribution in [0.5, 0.6) is 0 Å². The highest BCUT2D eigenvalue weighted by atomic mass is 35.5. The molecule has 0 atom stereocenters. The third kappa shape index (κ3) is 4.40. The first kappa shape index (κ1) is 16.2. The lowest BCUT2D eigenvalue weighted by Crippen LogP contribution is -3.00. The number of fused-ring (bicyclic) bond motifs is 1. The van der Waals surface area contributed by atoms with E-state index in [1.807, 2.05) is 18.2 Å². The fourth-order valence-corrected chi connectivity index (χ4v) is 3.40. The number of carbonyl (C=O) groups is 1. The zero-order valence-electron chi connectivity index (χ0n) is 11.8. The Morgan fingerprint density at radius 2 is 2.05 bits per heavy atom. The molecule has 4 nitrogen and oxygen atoms in total. The van der Waals surface area contributed by atoms with Gasteiger partial charge in [-0.05, 0) is 38.1 Å². The minimum Gasteiger partial charge on any atom is -1.00 e. The van der Waals surface area contributed by atoms with E-state index in [2.05, 4.69) is 21.6 Å². The van der Waals surface area contributed by atoms with Crippen LogP contribution in [0.2, 0.25) is 0 Å². The molecule has 1 amide bonds. The highest BCUT2D eigenvalue weighted by Crippen LogP contribution is 2.39. The van der Waals surface area contributed by atoms with Crippen LogP contribution in [-0.2, 0) is 4.79 Å². The molecule has 2 aliphatic heterocycles. The summed E-state index contributed by atoms with van der Waals surface area (Å²) in [4.78, 5) is 15.3. The summed E-state index contributed by atoms with van der Waals surface area (Å²) in [5.74, 6) is 0.0674. The van der Waals surface area contributed by atoms with Crippen LogP contribution in [0, 0.1) is 0 Å². The smallest absolute Gasteiger partial charge is 0.238 e. The molecule has 1 fully saturated rings. The van der Waals surface area contributed by atoms with E-state index in [1.165, 1.54) is 24.2 Å². The summed E-state index contributed by atoms with van der Waals surface area (Å²) in [5, 5.41) is 7.14. The summed E-state index contributed by atoms with van der Waals surface area (Å²) in [5.41, 5.74) is 1.11.